The van der Waals surface area contributed by atoms with Crippen molar-refractivity contribution in [2.45, 2.75) is 18.6 Å². The normalized spacial score (nSPS) is 11.2. The van der Waals surface area contributed by atoms with Gasteiger partial charge in [0.25, 0.3) is 5.91 Å². The summed E-state index contributed by atoms with van der Waals surface area (Å²) in [4.78, 5) is 21.4. The molecule has 0 aliphatic carbocycles. The van der Waals surface area contributed by atoms with Gasteiger partial charge >= 0.3 is 5.69 Å². The van der Waals surface area contributed by atoms with Crippen molar-refractivity contribution in [1.82, 2.24) is 5.32 Å². The Morgan fingerprint density at radius 3 is 2.55 bits per heavy atom. The third-order valence-electron chi connectivity index (χ3n) is 2.72. The Morgan fingerprint density at radius 1 is 1.45 bits per heavy atom. The number of halogens is 2. The van der Waals surface area contributed by atoms with Crippen LogP contribution >= 0.6 is 11.8 Å². The van der Waals surface area contributed by atoms with Gasteiger partial charge in [0.1, 0.15) is 11.4 Å². The summed E-state index contributed by atoms with van der Waals surface area (Å²) in [6, 6.07) is 1.39. The zero-order valence-electron chi connectivity index (χ0n) is 11.2. The molecule has 0 aliphatic heterocycles. The predicted molar refractivity (Wildman–Crippen MR) is 72.9 cm³/mol. The quantitative estimate of drug-likeness (QED) is 0.670. The van der Waals surface area contributed by atoms with Gasteiger partial charge in [0, 0.05) is 17.4 Å². The number of nitro benzene ring substituents is 1. The molecule has 5 nitrogen and oxygen atoms in total. The lowest BCUT2D eigenvalue weighted by molar-refractivity contribution is -0.387. The number of nitro groups is 1. The van der Waals surface area contributed by atoms with Crippen LogP contribution in [0.1, 0.15) is 24.2 Å². The average molecular weight is 304 g/mol. The van der Waals surface area contributed by atoms with Crippen LogP contribution in [-0.2, 0) is 0 Å². The second-order valence-electron chi connectivity index (χ2n) is 4.66. The van der Waals surface area contributed by atoms with E-state index in [1.54, 1.807) is 0 Å². The zero-order chi connectivity index (χ0) is 15.5. The molecule has 0 radical (unpaired) electrons. The highest BCUT2D eigenvalue weighted by Gasteiger charge is 2.27. The molecule has 0 bridgehead atoms. The van der Waals surface area contributed by atoms with Crippen molar-refractivity contribution in [3.05, 3.63) is 39.4 Å². The predicted octanol–water partition coefficient (Wildman–Crippen LogP) is 2.74. The van der Waals surface area contributed by atoms with E-state index in [1.165, 1.54) is 11.8 Å². The van der Waals surface area contributed by atoms with Crippen LogP contribution in [0, 0.1) is 21.7 Å². The number of rotatable bonds is 5. The van der Waals surface area contributed by atoms with Crippen LogP contribution in [0.3, 0.4) is 0 Å². The summed E-state index contributed by atoms with van der Waals surface area (Å²) >= 11 is 1.47. The zero-order valence-corrected chi connectivity index (χ0v) is 12.0. The molecule has 0 atom stereocenters. The Hall–Kier alpha value is -1.70. The molecule has 0 aromatic heterocycles. The van der Waals surface area contributed by atoms with Crippen molar-refractivity contribution in [2.24, 2.45) is 0 Å². The van der Waals surface area contributed by atoms with Crippen LogP contribution in [0.2, 0.25) is 0 Å². The van der Waals surface area contributed by atoms with Gasteiger partial charge in [-0.3, -0.25) is 14.9 Å². The van der Waals surface area contributed by atoms with E-state index in [4.69, 9.17) is 0 Å². The molecule has 1 rings (SSSR count). The molecule has 8 heteroatoms. The van der Waals surface area contributed by atoms with Gasteiger partial charge < -0.3 is 5.32 Å². The molecular weight excluding hydrogens is 290 g/mol. The van der Waals surface area contributed by atoms with Crippen molar-refractivity contribution >= 4 is 23.4 Å². The maximum Gasteiger partial charge on any atom is 0.305 e. The lowest BCUT2D eigenvalue weighted by atomic mass is 10.1. The first-order valence-electron chi connectivity index (χ1n) is 5.65. The first-order valence-corrected chi connectivity index (χ1v) is 6.88. The highest BCUT2D eigenvalue weighted by molar-refractivity contribution is 7.99. The molecule has 0 heterocycles. The van der Waals surface area contributed by atoms with E-state index in [2.05, 4.69) is 5.32 Å². The summed E-state index contributed by atoms with van der Waals surface area (Å²) in [6.07, 6.45) is 1.83. The largest absolute Gasteiger partial charge is 0.350 e. The summed E-state index contributed by atoms with van der Waals surface area (Å²) in [5, 5.41) is 13.0. The molecule has 1 amide bonds. The Labute approximate surface area is 118 Å². The number of carbonyl (C=O) groups is 1. The van der Waals surface area contributed by atoms with Crippen LogP contribution in [0.25, 0.3) is 0 Å². The second kappa shape index (κ2) is 6.17. The van der Waals surface area contributed by atoms with Gasteiger partial charge in [0.2, 0.25) is 5.82 Å². The van der Waals surface area contributed by atoms with E-state index < -0.39 is 33.7 Å². The van der Waals surface area contributed by atoms with Crippen LogP contribution in [0.15, 0.2) is 12.1 Å². The first-order chi connectivity index (χ1) is 9.19. The monoisotopic (exact) mass is 304 g/mol. The molecule has 0 spiro atoms. The summed E-state index contributed by atoms with van der Waals surface area (Å²) in [7, 11) is 0. The minimum absolute atomic E-state index is 0.175. The Bertz CT molecular complexity index is 550. The molecule has 20 heavy (non-hydrogen) atoms. The third-order valence-corrected chi connectivity index (χ3v) is 3.97. The van der Waals surface area contributed by atoms with E-state index in [-0.39, 0.29) is 11.3 Å². The summed E-state index contributed by atoms with van der Waals surface area (Å²) in [6.45, 7) is 3.87. The number of carbonyl (C=O) groups excluding carboxylic acids is 1. The molecule has 1 N–H and O–H groups in total. The van der Waals surface area contributed by atoms with Crippen LogP contribution < -0.4 is 5.32 Å². The minimum atomic E-state index is -1.46. The molecule has 1 aromatic rings. The van der Waals surface area contributed by atoms with E-state index in [0.29, 0.717) is 12.1 Å². The number of hydrogen-bond donors (Lipinski definition) is 1. The van der Waals surface area contributed by atoms with E-state index in [9.17, 15) is 23.7 Å². The van der Waals surface area contributed by atoms with Crippen LogP contribution in [0.5, 0.6) is 0 Å². The number of nitrogens with one attached hydrogen (secondary N) is 1. The maximum absolute atomic E-state index is 13.8. The van der Waals surface area contributed by atoms with Gasteiger partial charge in [0.05, 0.1) is 4.92 Å². The number of benzene rings is 1. The van der Waals surface area contributed by atoms with Crippen molar-refractivity contribution in [1.29, 1.82) is 0 Å². The van der Waals surface area contributed by atoms with Crippen molar-refractivity contribution < 1.29 is 18.5 Å². The fourth-order valence-corrected chi connectivity index (χ4v) is 1.56. The molecular formula is C12H14F2N2O3S. The molecule has 0 saturated heterocycles. The average Bonchev–Trinajstić information content (AvgIpc) is 2.36. The van der Waals surface area contributed by atoms with Crippen LogP contribution in [0.4, 0.5) is 14.5 Å². The Morgan fingerprint density at radius 2 is 2.05 bits per heavy atom. The number of thioether (sulfide) groups is 1. The van der Waals surface area contributed by atoms with Gasteiger partial charge in [0.15, 0.2) is 0 Å². The Balaban J connectivity index is 3.04. The number of nitrogens with zero attached hydrogens (tertiary/aromatic N) is 1. The second-order valence-corrected chi connectivity index (χ2v) is 6.17. The number of amides is 1. The number of hydrogen-bond acceptors (Lipinski definition) is 4. The molecule has 0 aliphatic rings. The maximum atomic E-state index is 13.8. The van der Waals surface area contributed by atoms with Crippen molar-refractivity contribution in [3.8, 4) is 0 Å². The Kier molecular flexibility index (Phi) is 5.04. The van der Waals surface area contributed by atoms with Gasteiger partial charge in [-0.25, -0.2) is 4.39 Å². The summed E-state index contributed by atoms with van der Waals surface area (Å²) < 4.78 is 27.0. The van der Waals surface area contributed by atoms with E-state index >= 15 is 0 Å². The fraction of sp³-hybridized carbons (Fsp3) is 0.417. The SMILES string of the molecule is CSC(C)(C)CNC(=O)c1c(F)ccc([N+](=O)[O-])c1F. The van der Waals surface area contributed by atoms with Gasteiger partial charge in [-0.1, -0.05) is 0 Å². The van der Waals surface area contributed by atoms with Crippen molar-refractivity contribution in [3.63, 3.8) is 0 Å². The van der Waals surface area contributed by atoms with E-state index in [0.717, 1.165) is 0 Å². The fourth-order valence-electron chi connectivity index (χ4n) is 1.34. The summed E-state index contributed by atoms with van der Waals surface area (Å²) in [5.74, 6) is -3.60. The van der Waals surface area contributed by atoms with E-state index in [1.807, 2.05) is 20.1 Å². The third kappa shape index (κ3) is 3.66. The molecule has 0 unspecified atom stereocenters. The highest BCUT2D eigenvalue weighted by atomic mass is 32.2. The standard InChI is InChI=1S/C12H14F2N2O3S/c1-12(2,20-3)6-15-11(17)9-7(13)4-5-8(10(9)14)16(18)19/h4-5H,6H2,1-3H3,(H,15,17). The van der Waals surface area contributed by atoms with Crippen LogP contribution in [-0.4, -0.2) is 28.4 Å². The molecule has 0 fully saturated rings. The lowest BCUT2D eigenvalue weighted by Crippen LogP contribution is -2.36. The first kappa shape index (κ1) is 16.4. The van der Waals surface area contributed by atoms with Gasteiger partial charge in [-0.15, -0.1) is 0 Å². The van der Waals surface area contributed by atoms with Crippen molar-refractivity contribution in [2.75, 3.05) is 12.8 Å². The topological polar surface area (TPSA) is 72.2 Å². The molecule has 1 aromatic carbocycles. The summed E-state index contributed by atoms with van der Waals surface area (Å²) in [5.41, 5.74) is -1.86. The lowest BCUT2D eigenvalue weighted by Gasteiger charge is -2.22. The molecule has 110 valence electrons. The highest BCUT2D eigenvalue weighted by Crippen LogP contribution is 2.24. The minimum Gasteiger partial charge on any atom is -0.350 e. The van der Waals surface area contributed by atoms with Gasteiger partial charge in [-0.05, 0) is 26.2 Å². The van der Waals surface area contributed by atoms with Gasteiger partial charge in [-0.2, -0.15) is 16.2 Å². The molecule has 0 saturated carbocycles. The smallest absolute Gasteiger partial charge is 0.305 e.